The van der Waals surface area contributed by atoms with Gasteiger partial charge in [-0.2, -0.15) is 0 Å². The van der Waals surface area contributed by atoms with Crippen LogP contribution in [0.4, 0.5) is 10.6 Å². The Morgan fingerprint density at radius 2 is 2.05 bits per heavy atom. The molecule has 0 bridgehead atoms. The molecule has 1 amide bonds. The zero-order valence-electron chi connectivity index (χ0n) is 11.7. The van der Waals surface area contributed by atoms with Crippen LogP contribution in [0.5, 0.6) is 0 Å². The van der Waals surface area contributed by atoms with Crippen LogP contribution < -0.4 is 5.73 Å². The van der Waals surface area contributed by atoms with Crippen LogP contribution in [0.2, 0.25) is 0 Å². The van der Waals surface area contributed by atoms with Gasteiger partial charge in [0.25, 0.3) is 0 Å². The second-order valence-corrected chi connectivity index (χ2v) is 5.05. The van der Waals surface area contributed by atoms with Crippen LogP contribution in [0.15, 0.2) is 42.5 Å². The molecule has 1 aliphatic rings. The molecule has 21 heavy (non-hydrogen) atoms. The van der Waals surface area contributed by atoms with Crippen LogP contribution >= 0.6 is 0 Å². The van der Waals surface area contributed by atoms with E-state index in [0.717, 1.165) is 16.8 Å². The Hall–Kier alpha value is -2.56. The predicted molar refractivity (Wildman–Crippen MR) is 79.4 cm³/mol. The fraction of sp³-hybridized carbons (Fsp3) is 0.250. The fourth-order valence-corrected chi connectivity index (χ4v) is 2.40. The third kappa shape index (κ3) is 3.13. The summed E-state index contributed by atoms with van der Waals surface area (Å²) in [6, 6.07) is 13.3. The fourth-order valence-electron chi connectivity index (χ4n) is 2.40. The highest BCUT2D eigenvalue weighted by Gasteiger charge is 2.22. The number of nitrogens with two attached hydrogens (primary N) is 1. The summed E-state index contributed by atoms with van der Waals surface area (Å²) < 4.78 is 5.35. The summed E-state index contributed by atoms with van der Waals surface area (Å²) in [5.74, 6) is 0.522. The normalized spacial score (nSPS) is 13.6. The molecule has 0 spiro atoms. The van der Waals surface area contributed by atoms with E-state index < -0.39 is 0 Å². The van der Waals surface area contributed by atoms with Crippen molar-refractivity contribution in [2.75, 3.05) is 12.3 Å². The summed E-state index contributed by atoms with van der Waals surface area (Å²) in [5.41, 5.74) is 8.66. The van der Waals surface area contributed by atoms with Crippen molar-refractivity contribution in [3.63, 3.8) is 0 Å². The minimum atomic E-state index is -0.290. The number of nitrogens with zero attached hydrogens (tertiary/aromatic N) is 2. The first-order valence-electron chi connectivity index (χ1n) is 6.92. The maximum absolute atomic E-state index is 12.1. The molecular formula is C16H17N3O2. The number of aromatic nitrogens is 1. The summed E-state index contributed by atoms with van der Waals surface area (Å²) in [6.07, 6.45) is 0.419. The summed E-state index contributed by atoms with van der Waals surface area (Å²) in [5, 5.41) is 0. The molecule has 1 aromatic carbocycles. The highest BCUT2D eigenvalue weighted by atomic mass is 16.6. The minimum absolute atomic E-state index is 0.290. The SMILES string of the molecule is Nc1ccc2c(n1)CCN(C(=O)OCc1ccccc1)C2. The van der Waals surface area contributed by atoms with E-state index in [1.807, 2.05) is 36.4 Å². The standard InChI is InChI=1S/C16H17N3O2/c17-15-7-6-13-10-19(9-8-14(13)18-15)16(20)21-11-12-4-2-1-3-5-12/h1-7H,8-11H2,(H2,17,18). The third-order valence-electron chi connectivity index (χ3n) is 3.53. The Morgan fingerprint density at radius 1 is 1.24 bits per heavy atom. The smallest absolute Gasteiger partial charge is 0.410 e. The molecule has 0 saturated heterocycles. The topological polar surface area (TPSA) is 68.5 Å². The van der Waals surface area contributed by atoms with Gasteiger partial charge in [0, 0.05) is 18.7 Å². The lowest BCUT2D eigenvalue weighted by molar-refractivity contribution is 0.0916. The number of rotatable bonds is 2. The summed E-state index contributed by atoms with van der Waals surface area (Å²) >= 11 is 0. The minimum Gasteiger partial charge on any atom is -0.445 e. The second kappa shape index (κ2) is 5.83. The monoisotopic (exact) mass is 283 g/mol. The number of carbonyl (C=O) groups is 1. The molecule has 2 aromatic rings. The highest BCUT2D eigenvalue weighted by Crippen LogP contribution is 2.19. The third-order valence-corrected chi connectivity index (χ3v) is 3.53. The largest absolute Gasteiger partial charge is 0.445 e. The number of fused-ring (bicyclic) bond motifs is 1. The molecular weight excluding hydrogens is 266 g/mol. The van der Waals surface area contributed by atoms with Gasteiger partial charge in [-0.3, -0.25) is 0 Å². The van der Waals surface area contributed by atoms with Crippen molar-refractivity contribution in [2.45, 2.75) is 19.6 Å². The Bertz CT molecular complexity index is 643. The molecule has 2 N–H and O–H groups in total. The number of carbonyl (C=O) groups excluding carboxylic acids is 1. The molecule has 3 rings (SSSR count). The quantitative estimate of drug-likeness (QED) is 0.918. The second-order valence-electron chi connectivity index (χ2n) is 5.05. The van der Waals surface area contributed by atoms with E-state index in [1.54, 1.807) is 11.0 Å². The van der Waals surface area contributed by atoms with E-state index in [2.05, 4.69) is 4.98 Å². The summed E-state index contributed by atoms with van der Waals surface area (Å²) in [6.45, 7) is 1.43. The van der Waals surface area contributed by atoms with Crippen molar-refractivity contribution in [1.29, 1.82) is 0 Å². The first-order chi connectivity index (χ1) is 10.2. The molecule has 0 radical (unpaired) electrons. The van der Waals surface area contributed by atoms with Crippen LogP contribution in [0.1, 0.15) is 16.8 Å². The van der Waals surface area contributed by atoms with E-state index in [1.165, 1.54) is 0 Å². The lowest BCUT2D eigenvalue weighted by Crippen LogP contribution is -2.36. The molecule has 5 heteroatoms. The number of pyridine rings is 1. The molecule has 2 heterocycles. The van der Waals surface area contributed by atoms with Gasteiger partial charge in [-0.15, -0.1) is 0 Å². The average Bonchev–Trinajstić information content (AvgIpc) is 2.53. The van der Waals surface area contributed by atoms with E-state index in [9.17, 15) is 4.79 Å². The van der Waals surface area contributed by atoms with Crippen molar-refractivity contribution >= 4 is 11.9 Å². The van der Waals surface area contributed by atoms with Gasteiger partial charge < -0.3 is 15.4 Å². The van der Waals surface area contributed by atoms with Crippen molar-refractivity contribution in [1.82, 2.24) is 9.88 Å². The Balaban J connectivity index is 1.60. The lowest BCUT2D eigenvalue weighted by atomic mass is 10.1. The summed E-state index contributed by atoms with van der Waals surface area (Å²) in [4.78, 5) is 18.1. The molecule has 0 unspecified atom stereocenters. The van der Waals surface area contributed by atoms with Crippen molar-refractivity contribution in [3.8, 4) is 0 Å². The Labute approximate surface area is 123 Å². The number of nitrogen functional groups attached to an aromatic ring is 1. The van der Waals surface area contributed by atoms with Gasteiger partial charge in [-0.1, -0.05) is 36.4 Å². The van der Waals surface area contributed by atoms with Crippen molar-refractivity contribution in [3.05, 3.63) is 59.3 Å². The van der Waals surface area contributed by atoms with Gasteiger partial charge in [-0.25, -0.2) is 9.78 Å². The molecule has 0 aliphatic carbocycles. The Morgan fingerprint density at radius 3 is 2.86 bits per heavy atom. The van der Waals surface area contributed by atoms with E-state index >= 15 is 0 Å². The highest BCUT2D eigenvalue weighted by molar-refractivity contribution is 5.68. The zero-order chi connectivity index (χ0) is 14.7. The van der Waals surface area contributed by atoms with Crippen LogP contribution in [-0.4, -0.2) is 22.5 Å². The molecule has 0 fully saturated rings. The van der Waals surface area contributed by atoms with Gasteiger partial charge in [0.1, 0.15) is 12.4 Å². The zero-order valence-corrected chi connectivity index (χ0v) is 11.7. The van der Waals surface area contributed by atoms with Crippen LogP contribution in [0.3, 0.4) is 0 Å². The number of hydrogen-bond donors (Lipinski definition) is 1. The van der Waals surface area contributed by atoms with Gasteiger partial charge >= 0.3 is 6.09 Å². The van der Waals surface area contributed by atoms with Gasteiger partial charge in [0.05, 0.1) is 6.54 Å². The van der Waals surface area contributed by atoms with Gasteiger partial charge in [0.15, 0.2) is 0 Å². The van der Waals surface area contributed by atoms with Gasteiger partial charge in [0.2, 0.25) is 0 Å². The molecule has 1 aliphatic heterocycles. The number of amides is 1. The first kappa shape index (κ1) is 13.4. The van der Waals surface area contributed by atoms with Gasteiger partial charge in [-0.05, 0) is 17.2 Å². The van der Waals surface area contributed by atoms with Crippen LogP contribution in [0.25, 0.3) is 0 Å². The number of benzene rings is 1. The molecule has 108 valence electrons. The van der Waals surface area contributed by atoms with Crippen molar-refractivity contribution < 1.29 is 9.53 Å². The average molecular weight is 283 g/mol. The maximum Gasteiger partial charge on any atom is 0.410 e. The number of anilines is 1. The Kier molecular flexibility index (Phi) is 3.73. The molecule has 0 atom stereocenters. The van der Waals surface area contributed by atoms with Crippen LogP contribution in [0, 0.1) is 0 Å². The van der Waals surface area contributed by atoms with Crippen molar-refractivity contribution in [2.24, 2.45) is 0 Å². The molecule has 5 nitrogen and oxygen atoms in total. The summed E-state index contributed by atoms with van der Waals surface area (Å²) in [7, 11) is 0. The van der Waals surface area contributed by atoms with E-state index in [-0.39, 0.29) is 6.09 Å². The van der Waals surface area contributed by atoms with E-state index in [4.69, 9.17) is 10.5 Å². The predicted octanol–water partition coefficient (Wildman–Crippen LogP) is 2.36. The molecule has 0 saturated carbocycles. The first-order valence-corrected chi connectivity index (χ1v) is 6.92. The molecule has 1 aromatic heterocycles. The maximum atomic E-state index is 12.1. The van der Waals surface area contributed by atoms with E-state index in [0.29, 0.717) is 31.9 Å². The lowest BCUT2D eigenvalue weighted by Gasteiger charge is -2.27. The number of hydrogen-bond acceptors (Lipinski definition) is 4. The van der Waals surface area contributed by atoms with Crippen LogP contribution in [-0.2, 0) is 24.3 Å². The number of ether oxygens (including phenoxy) is 1.